The minimum atomic E-state index is -0.306. The van der Waals surface area contributed by atoms with Gasteiger partial charge in [0.05, 0.1) is 7.11 Å². The lowest BCUT2D eigenvalue weighted by atomic mass is 9.96. The average Bonchev–Trinajstić information content (AvgIpc) is 2.26. The quantitative estimate of drug-likeness (QED) is 0.275. The Balaban J connectivity index is 3.93. The minimum absolute atomic E-state index is 0.0879. The molecule has 0 rings (SSSR count). The van der Waals surface area contributed by atoms with E-state index >= 15 is 0 Å². The van der Waals surface area contributed by atoms with Crippen LogP contribution in [-0.4, -0.2) is 18.0 Å². The van der Waals surface area contributed by atoms with E-state index in [1.807, 2.05) is 13.0 Å². The van der Waals surface area contributed by atoms with Crippen molar-refractivity contribution in [1.82, 2.24) is 0 Å². The average molecular weight is 287 g/mol. The van der Waals surface area contributed by atoms with E-state index in [0.29, 0.717) is 5.92 Å². The van der Waals surface area contributed by atoms with E-state index in [-0.39, 0.29) is 10.8 Å². The first-order chi connectivity index (χ1) is 8.74. The van der Waals surface area contributed by atoms with Crippen LogP contribution in [0.15, 0.2) is 23.8 Å². The van der Waals surface area contributed by atoms with Gasteiger partial charge in [0.2, 0.25) is 0 Å². The molecule has 0 aliphatic heterocycles. The fourth-order valence-electron chi connectivity index (χ4n) is 1.77. The third-order valence-electron chi connectivity index (χ3n) is 2.93. The van der Waals surface area contributed by atoms with Crippen molar-refractivity contribution in [2.45, 2.75) is 58.3 Å². The van der Waals surface area contributed by atoms with Gasteiger partial charge in [0.1, 0.15) is 0 Å². The summed E-state index contributed by atoms with van der Waals surface area (Å²) in [5.41, 5.74) is 0.918. The van der Waals surface area contributed by atoms with Gasteiger partial charge in [0.25, 0.3) is 0 Å². The molecule has 0 bridgehead atoms. The molecule has 3 heteroatoms. The molecule has 0 aromatic carbocycles. The molecule has 0 saturated carbocycles. The number of carbonyl (C=O) groups excluding carboxylic acids is 1. The van der Waals surface area contributed by atoms with Crippen LogP contribution in [0.5, 0.6) is 0 Å². The molecule has 0 amide bonds. The third-order valence-corrected chi connectivity index (χ3v) is 3.12. The zero-order valence-electron chi connectivity index (χ0n) is 12.8. The summed E-state index contributed by atoms with van der Waals surface area (Å²) in [5, 5.41) is 0. The third kappa shape index (κ3) is 12.0. The number of halogens is 1. The van der Waals surface area contributed by atoms with Gasteiger partial charge < -0.3 is 4.74 Å². The number of allylic oxidation sites excluding steroid dienone is 3. The van der Waals surface area contributed by atoms with Crippen LogP contribution in [0.4, 0.5) is 0 Å². The fourth-order valence-corrected chi connectivity index (χ4v) is 1.90. The second-order valence-electron chi connectivity index (χ2n) is 5.77. The van der Waals surface area contributed by atoms with Gasteiger partial charge in [-0.05, 0) is 45.1 Å². The Morgan fingerprint density at radius 1 is 1.42 bits per heavy atom. The van der Waals surface area contributed by atoms with Crippen molar-refractivity contribution in [2.75, 3.05) is 7.11 Å². The molecule has 0 spiro atoms. The summed E-state index contributed by atoms with van der Waals surface area (Å²) in [6.07, 6.45) is 9.99. The Morgan fingerprint density at radius 3 is 2.58 bits per heavy atom. The Labute approximate surface area is 122 Å². The number of alkyl halides is 1. The van der Waals surface area contributed by atoms with Gasteiger partial charge in [-0.2, -0.15) is 0 Å². The first kappa shape index (κ1) is 18.2. The summed E-state index contributed by atoms with van der Waals surface area (Å²) in [4.78, 5) is 10.9. The number of hydrogen-bond acceptors (Lipinski definition) is 2. The first-order valence-electron chi connectivity index (χ1n) is 6.86. The molecule has 0 heterocycles. The molecule has 1 atom stereocenters. The predicted molar refractivity (Wildman–Crippen MR) is 82.5 cm³/mol. The van der Waals surface area contributed by atoms with Crippen LogP contribution in [0, 0.1) is 5.92 Å². The number of esters is 1. The Bertz CT molecular complexity index is 324. The molecule has 0 radical (unpaired) electrons. The number of rotatable bonds is 8. The highest BCUT2D eigenvalue weighted by Crippen LogP contribution is 2.23. The summed E-state index contributed by atoms with van der Waals surface area (Å²) in [6, 6.07) is 0. The Hall–Kier alpha value is -0.760. The highest BCUT2D eigenvalue weighted by Gasteiger charge is 2.12. The highest BCUT2D eigenvalue weighted by molar-refractivity contribution is 6.23. The highest BCUT2D eigenvalue weighted by atomic mass is 35.5. The molecular weight excluding hydrogens is 260 g/mol. The molecular formula is C16H27ClO2. The largest absolute Gasteiger partial charge is 0.466 e. The first-order valence-corrected chi connectivity index (χ1v) is 7.24. The monoisotopic (exact) mass is 286 g/mol. The van der Waals surface area contributed by atoms with Crippen molar-refractivity contribution in [1.29, 1.82) is 0 Å². The molecule has 0 aliphatic rings. The zero-order chi connectivity index (χ0) is 14.9. The van der Waals surface area contributed by atoms with E-state index in [0.717, 1.165) is 24.8 Å². The number of hydrogen-bond donors (Lipinski definition) is 0. The van der Waals surface area contributed by atoms with Crippen molar-refractivity contribution in [3.05, 3.63) is 23.8 Å². The molecule has 0 aromatic rings. The zero-order valence-corrected chi connectivity index (χ0v) is 13.6. The number of ether oxygens (including phenoxy) is 1. The Morgan fingerprint density at radius 2 is 2.05 bits per heavy atom. The van der Waals surface area contributed by atoms with E-state index in [2.05, 4.69) is 31.6 Å². The lowest BCUT2D eigenvalue weighted by Gasteiger charge is -2.16. The minimum Gasteiger partial charge on any atom is -0.466 e. The van der Waals surface area contributed by atoms with Gasteiger partial charge in [-0.1, -0.05) is 31.9 Å². The SMILES string of the molecule is COC(=O)/C=C(C)/C=C/CC(C)CCCC(C)(C)Cl. The van der Waals surface area contributed by atoms with Crippen molar-refractivity contribution in [3.63, 3.8) is 0 Å². The second kappa shape index (κ2) is 9.19. The molecule has 1 unspecified atom stereocenters. The number of carbonyl (C=O) groups is 1. The lowest BCUT2D eigenvalue weighted by molar-refractivity contribution is -0.134. The van der Waals surface area contributed by atoms with Crippen molar-refractivity contribution < 1.29 is 9.53 Å². The van der Waals surface area contributed by atoms with Crippen LogP contribution in [0.25, 0.3) is 0 Å². The maximum absolute atomic E-state index is 11.0. The van der Waals surface area contributed by atoms with E-state index in [1.54, 1.807) is 0 Å². The van der Waals surface area contributed by atoms with Crippen LogP contribution < -0.4 is 0 Å². The second-order valence-corrected chi connectivity index (χ2v) is 6.79. The van der Waals surface area contributed by atoms with Crippen molar-refractivity contribution in [3.8, 4) is 0 Å². The smallest absolute Gasteiger partial charge is 0.330 e. The van der Waals surface area contributed by atoms with Crippen LogP contribution in [0.3, 0.4) is 0 Å². The topological polar surface area (TPSA) is 26.3 Å². The molecule has 0 saturated heterocycles. The van der Waals surface area contributed by atoms with E-state index in [4.69, 9.17) is 11.6 Å². The standard InChI is InChI=1S/C16H27ClO2/c1-13(10-7-11-16(3,4)17)8-6-9-14(2)12-15(18)19-5/h6,9,12-13H,7-8,10-11H2,1-5H3/b9-6+,14-12+. The van der Waals surface area contributed by atoms with Gasteiger partial charge in [0.15, 0.2) is 0 Å². The van der Waals surface area contributed by atoms with Gasteiger partial charge in [-0.3, -0.25) is 0 Å². The molecule has 0 fully saturated rings. The van der Waals surface area contributed by atoms with Crippen LogP contribution in [0.2, 0.25) is 0 Å². The van der Waals surface area contributed by atoms with Gasteiger partial charge >= 0.3 is 5.97 Å². The molecule has 2 nitrogen and oxygen atoms in total. The van der Waals surface area contributed by atoms with Crippen molar-refractivity contribution in [2.24, 2.45) is 5.92 Å². The van der Waals surface area contributed by atoms with Gasteiger partial charge in [-0.25, -0.2) is 4.79 Å². The maximum atomic E-state index is 11.0. The fraction of sp³-hybridized carbons (Fsp3) is 0.688. The molecule has 0 N–H and O–H groups in total. The van der Waals surface area contributed by atoms with Crippen molar-refractivity contribution >= 4 is 17.6 Å². The van der Waals surface area contributed by atoms with Crippen LogP contribution in [-0.2, 0) is 9.53 Å². The molecule has 110 valence electrons. The summed E-state index contributed by atoms with van der Waals surface area (Å²) in [6.45, 7) is 8.25. The van der Waals surface area contributed by atoms with E-state index in [1.165, 1.54) is 19.6 Å². The van der Waals surface area contributed by atoms with Gasteiger partial charge in [0, 0.05) is 11.0 Å². The molecule has 0 aromatic heterocycles. The summed E-state index contributed by atoms with van der Waals surface area (Å²) >= 11 is 6.16. The summed E-state index contributed by atoms with van der Waals surface area (Å²) in [7, 11) is 1.39. The summed E-state index contributed by atoms with van der Waals surface area (Å²) in [5.74, 6) is 0.334. The molecule has 0 aliphatic carbocycles. The van der Waals surface area contributed by atoms with Crippen LogP contribution >= 0.6 is 11.6 Å². The Kier molecular flexibility index (Phi) is 8.82. The van der Waals surface area contributed by atoms with Gasteiger partial charge in [-0.15, -0.1) is 11.6 Å². The predicted octanol–water partition coefficient (Wildman–Crippen LogP) is 4.88. The van der Waals surface area contributed by atoms with Crippen LogP contribution in [0.1, 0.15) is 53.4 Å². The number of methoxy groups -OCH3 is 1. The molecule has 19 heavy (non-hydrogen) atoms. The van der Waals surface area contributed by atoms with E-state index < -0.39 is 0 Å². The normalized spacial score (nSPS) is 14.7. The maximum Gasteiger partial charge on any atom is 0.330 e. The lowest BCUT2D eigenvalue weighted by Crippen LogP contribution is -2.10. The van der Waals surface area contributed by atoms with E-state index in [9.17, 15) is 4.79 Å². The summed E-state index contributed by atoms with van der Waals surface area (Å²) < 4.78 is 4.57.